The number of ketones is 1. The van der Waals surface area contributed by atoms with Gasteiger partial charge in [0.25, 0.3) is 0 Å². The first kappa shape index (κ1) is 7.69. The summed E-state index contributed by atoms with van der Waals surface area (Å²) in [5.74, 6) is 0.0430. The van der Waals surface area contributed by atoms with Crippen molar-refractivity contribution in [2.75, 3.05) is 6.61 Å². The van der Waals surface area contributed by atoms with Gasteiger partial charge in [0.2, 0.25) is 0 Å². The van der Waals surface area contributed by atoms with Crippen LogP contribution in [0.1, 0.15) is 19.8 Å². The van der Waals surface area contributed by atoms with Gasteiger partial charge in [-0.05, 0) is 19.8 Å². The molecule has 0 aliphatic heterocycles. The molecule has 1 fully saturated rings. The highest BCUT2D eigenvalue weighted by Gasteiger charge is 2.27. The molecular weight excluding hydrogens is 132 g/mol. The molecule has 3 nitrogen and oxygen atoms in total. The summed E-state index contributed by atoms with van der Waals surface area (Å²) in [6.07, 6.45) is 1.30. The molecule has 58 valence electrons. The zero-order valence-electron chi connectivity index (χ0n) is 6.04. The number of hydrogen-bond donors (Lipinski definition) is 1. The third-order valence-corrected chi connectivity index (χ3v) is 1.59. The van der Waals surface area contributed by atoms with Gasteiger partial charge < -0.3 is 9.84 Å². The first-order chi connectivity index (χ1) is 4.68. The van der Waals surface area contributed by atoms with Gasteiger partial charge in [-0.25, -0.2) is 0 Å². The normalized spacial score (nSPS) is 31.4. The van der Waals surface area contributed by atoms with E-state index >= 15 is 0 Å². The van der Waals surface area contributed by atoms with Crippen molar-refractivity contribution in [3.8, 4) is 0 Å². The van der Waals surface area contributed by atoms with Gasteiger partial charge in [-0.1, -0.05) is 0 Å². The van der Waals surface area contributed by atoms with Crippen molar-refractivity contribution >= 4 is 5.78 Å². The van der Waals surface area contributed by atoms with Gasteiger partial charge in [0, 0.05) is 0 Å². The lowest BCUT2D eigenvalue weighted by Gasteiger charge is -2.30. The quantitative estimate of drug-likeness (QED) is 0.611. The van der Waals surface area contributed by atoms with E-state index in [1.807, 2.05) is 0 Å². The predicted octanol–water partition coefficient (Wildman–Crippen LogP) is 0.115. The third-order valence-electron chi connectivity index (χ3n) is 1.59. The van der Waals surface area contributed by atoms with Crippen LogP contribution in [0.4, 0.5) is 0 Å². The summed E-state index contributed by atoms with van der Waals surface area (Å²) < 4.78 is 5.10. The van der Waals surface area contributed by atoms with E-state index in [0.717, 1.165) is 0 Å². The van der Waals surface area contributed by atoms with Crippen LogP contribution in [0.3, 0.4) is 0 Å². The number of rotatable bonds is 3. The van der Waals surface area contributed by atoms with Crippen LogP contribution in [0.15, 0.2) is 0 Å². The molecule has 1 saturated carbocycles. The Kier molecular flexibility index (Phi) is 2.40. The Morgan fingerprint density at radius 2 is 2.30 bits per heavy atom. The second kappa shape index (κ2) is 3.12. The molecule has 10 heavy (non-hydrogen) atoms. The zero-order chi connectivity index (χ0) is 7.56. The minimum absolute atomic E-state index is 0.0430. The highest BCUT2D eigenvalue weighted by Crippen LogP contribution is 2.22. The fourth-order valence-electron chi connectivity index (χ4n) is 0.909. The second-order valence-corrected chi connectivity index (χ2v) is 2.76. The van der Waals surface area contributed by atoms with Crippen molar-refractivity contribution < 1.29 is 14.6 Å². The summed E-state index contributed by atoms with van der Waals surface area (Å²) in [6.45, 7) is 1.69. The van der Waals surface area contributed by atoms with E-state index in [1.54, 1.807) is 0 Å². The van der Waals surface area contributed by atoms with Crippen molar-refractivity contribution in [1.29, 1.82) is 0 Å². The van der Waals surface area contributed by atoms with Crippen molar-refractivity contribution in [1.82, 2.24) is 0 Å². The summed E-state index contributed by atoms with van der Waals surface area (Å²) in [6, 6.07) is 0. The lowest BCUT2D eigenvalue weighted by molar-refractivity contribution is -0.129. The molecule has 0 spiro atoms. The Morgan fingerprint density at radius 1 is 1.70 bits per heavy atom. The van der Waals surface area contributed by atoms with Crippen LogP contribution >= 0.6 is 0 Å². The fraction of sp³-hybridized carbons (Fsp3) is 0.857. The van der Waals surface area contributed by atoms with Gasteiger partial charge in [-0.2, -0.15) is 0 Å². The SMILES string of the molecule is CC(=O)COC1CC(O)C1. The molecule has 0 radical (unpaired) electrons. The molecule has 0 aromatic rings. The van der Waals surface area contributed by atoms with Crippen molar-refractivity contribution in [2.24, 2.45) is 0 Å². The lowest BCUT2D eigenvalue weighted by atomic mass is 9.92. The van der Waals surface area contributed by atoms with E-state index < -0.39 is 0 Å². The molecule has 0 heterocycles. The van der Waals surface area contributed by atoms with Crippen LogP contribution in [-0.4, -0.2) is 29.7 Å². The van der Waals surface area contributed by atoms with Gasteiger partial charge >= 0.3 is 0 Å². The van der Waals surface area contributed by atoms with Gasteiger partial charge in [0.1, 0.15) is 6.61 Å². The highest BCUT2D eigenvalue weighted by molar-refractivity contribution is 5.76. The van der Waals surface area contributed by atoms with Gasteiger partial charge in [-0.3, -0.25) is 4.79 Å². The second-order valence-electron chi connectivity index (χ2n) is 2.76. The van der Waals surface area contributed by atoms with Crippen LogP contribution < -0.4 is 0 Å². The van der Waals surface area contributed by atoms with E-state index in [4.69, 9.17) is 9.84 Å². The molecule has 0 amide bonds. The summed E-state index contributed by atoms with van der Waals surface area (Å²) >= 11 is 0. The molecule has 1 rings (SSSR count). The predicted molar refractivity (Wildman–Crippen MR) is 35.7 cm³/mol. The number of aliphatic hydroxyl groups excluding tert-OH is 1. The molecule has 0 saturated heterocycles. The monoisotopic (exact) mass is 144 g/mol. The fourth-order valence-corrected chi connectivity index (χ4v) is 0.909. The highest BCUT2D eigenvalue weighted by atomic mass is 16.5. The molecular formula is C7H12O3. The van der Waals surface area contributed by atoms with E-state index in [1.165, 1.54) is 6.92 Å². The van der Waals surface area contributed by atoms with Gasteiger partial charge in [0.05, 0.1) is 12.2 Å². The Bertz CT molecular complexity index is 127. The summed E-state index contributed by atoms with van der Waals surface area (Å²) in [4.78, 5) is 10.4. The van der Waals surface area contributed by atoms with E-state index in [2.05, 4.69) is 0 Å². The third kappa shape index (κ3) is 2.08. The maximum atomic E-state index is 10.4. The average molecular weight is 144 g/mol. The maximum Gasteiger partial charge on any atom is 0.155 e. The molecule has 0 aromatic heterocycles. The summed E-state index contributed by atoms with van der Waals surface area (Å²) in [5.41, 5.74) is 0. The molecule has 1 aliphatic carbocycles. The average Bonchev–Trinajstić information content (AvgIpc) is 1.77. The van der Waals surface area contributed by atoms with Crippen LogP contribution in [-0.2, 0) is 9.53 Å². The van der Waals surface area contributed by atoms with Gasteiger partial charge in [-0.15, -0.1) is 0 Å². The number of aliphatic hydroxyl groups is 1. The summed E-state index contributed by atoms with van der Waals surface area (Å²) in [5, 5.41) is 8.82. The first-order valence-corrected chi connectivity index (χ1v) is 3.47. The first-order valence-electron chi connectivity index (χ1n) is 3.47. The van der Waals surface area contributed by atoms with Crippen molar-refractivity contribution in [3.63, 3.8) is 0 Å². The number of carbonyl (C=O) groups is 1. The van der Waals surface area contributed by atoms with Crippen LogP contribution in [0.5, 0.6) is 0 Å². The molecule has 0 bridgehead atoms. The van der Waals surface area contributed by atoms with Crippen LogP contribution in [0, 0.1) is 0 Å². The van der Waals surface area contributed by atoms with E-state index in [9.17, 15) is 4.79 Å². The Morgan fingerprint density at radius 3 is 2.70 bits per heavy atom. The minimum atomic E-state index is -0.197. The van der Waals surface area contributed by atoms with Crippen LogP contribution in [0.2, 0.25) is 0 Å². The molecule has 0 unspecified atom stereocenters. The zero-order valence-corrected chi connectivity index (χ0v) is 6.04. The molecule has 0 aromatic carbocycles. The molecule has 3 heteroatoms. The van der Waals surface area contributed by atoms with Gasteiger partial charge in [0.15, 0.2) is 5.78 Å². The lowest BCUT2D eigenvalue weighted by Crippen LogP contribution is -2.36. The van der Waals surface area contributed by atoms with E-state index in [-0.39, 0.29) is 24.6 Å². The van der Waals surface area contributed by atoms with Crippen LogP contribution in [0.25, 0.3) is 0 Å². The molecule has 1 N–H and O–H groups in total. The Balaban J connectivity index is 2.00. The largest absolute Gasteiger partial charge is 0.393 e. The van der Waals surface area contributed by atoms with Crippen molar-refractivity contribution in [2.45, 2.75) is 32.0 Å². The summed E-state index contributed by atoms with van der Waals surface area (Å²) in [7, 11) is 0. The molecule has 1 aliphatic rings. The maximum absolute atomic E-state index is 10.4. The number of ether oxygens (including phenoxy) is 1. The minimum Gasteiger partial charge on any atom is -0.393 e. The number of hydrogen-bond acceptors (Lipinski definition) is 3. The Hall–Kier alpha value is -0.410. The number of carbonyl (C=O) groups excluding carboxylic acids is 1. The number of Topliss-reactive ketones (excluding diaryl/α,β-unsaturated/α-hetero) is 1. The molecule has 0 atom stereocenters. The van der Waals surface area contributed by atoms with E-state index in [0.29, 0.717) is 12.8 Å². The standard InChI is InChI=1S/C7H12O3/c1-5(8)4-10-7-2-6(9)3-7/h6-7,9H,2-4H2,1H3. The van der Waals surface area contributed by atoms with Crippen molar-refractivity contribution in [3.05, 3.63) is 0 Å². The topological polar surface area (TPSA) is 46.5 Å². The smallest absolute Gasteiger partial charge is 0.155 e. The Labute approximate surface area is 60.0 Å².